The Kier molecular flexibility index (Phi) is 3.22. The topological polar surface area (TPSA) is 55.3 Å². The molecule has 0 amide bonds. The molecule has 4 heteroatoms. The number of nitrogen functional groups attached to an aromatic ring is 1. The Morgan fingerprint density at radius 2 is 2.24 bits per heavy atom. The number of para-hydroxylation sites is 1. The van der Waals surface area contributed by atoms with E-state index in [-0.39, 0.29) is 0 Å². The van der Waals surface area contributed by atoms with Crippen LogP contribution in [0.4, 0.5) is 11.7 Å². The van der Waals surface area contributed by atoms with E-state index in [4.69, 9.17) is 10.2 Å². The zero-order chi connectivity index (χ0) is 12.4. The fourth-order valence-electron chi connectivity index (χ4n) is 1.91. The van der Waals surface area contributed by atoms with Gasteiger partial charge in [0.2, 0.25) is 0 Å². The van der Waals surface area contributed by atoms with Crippen LogP contribution in [0.15, 0.2) is 22.6 Å². The average Bonchev–Trinajstić information content (AvgIpc) is 2.73. The van der Waals surface area contributed by atoms with E-state index in [9.17, 15) is 0 Å². The van der Waals surface area contributed by atoms with E-state index in [1.54, 1.807) is 0 Å². The Labute approximate surface area is 101 Å². The summed E-state index contributed by atoms with van der Waals surface area (Å²) in [5, 5.41) is 0. The smallest absolute Gasteiger partial charge is 0.298 e. The SMILES string of the molecule is CCCC(C)N(C)c1nc2c(N)cccc2o1. The fraction of sp³-hybridized carbons (Fsp3) is 0.462. The minimum atomic E-state index is 0.411. The minimum absolute atomic E-state index is 0.411. The molecule has 1 unspecified atom stereocenters. The lowest BCUT2D eigenvalue weighted by molar-refractivity contribution is 0.529. The minimum Gasteiger partial charge on any atom is -0.423 e. The average molecular weight is 233 g/mol. The highest BCUT2D eigenvalue weighted by atomic mass is 16.4. The number of anilines is 2. The Morgan fingerprint density at radius 1 is 1.47 bits per heavy atom. The quantitative estimate of drug-likeness (QED) is 0.825. The van der Waals surface area contributed by atoms with Crippen LogP contribution in [0.1, 0.15) is 26.7 Å². The Bertz CT molecular complexity index is 506. The van der Waals surface area contributed by atoms with Crippen LogP contribution in [-0.2, 0) is 0 Å². The molecule has 0 aliphatic rings. The van der Waals surface area contributed by atoms with E-state index in [0.717, 1.165) is 23.9 Å². The van der Waals surface area contributed by atoms with Crippen LogP contribution >= 0.6 is 0 Å². The maximum atomic E-state index is 5.86. The van der Waals surface area contributed by atoms with E-state index in [1.807, 2.05) is 25.2 Å². The Hall–Kier alpha value is -1.71. The molecular formula is C13H19N3O. The van der Waals surface area contributed by atoms with Gasteiger partial charge in [-0.2, -0.15) is 4.98 Å². The first kappa shape index (κ1) is 11.8. The second kappa shape index (κ2) is 4.65. The molecule has 1 heterocycles. The zero-order valence-electron chi connectivity index (χ0n) is 10.6. The first-order valence-corrected chi connectivity index (χ1v) is 6.01. The molecule has 1 aromatic heterocycles. The van der Waals surface area contributed by atoms with E-state index >= 15 is 0 Å². The highest BCUT2D eigenvalue weighted by Gasteiger charge is 2.16. The van der Waals surface area contributed by atoms with Crippen LogP contribution in [0.2, 0.25) is 0 Å². The van der Waals surface area contributed by atoms with Crippen molar-refractivity contribution >= 4 is 22.8 Å². The van der Waals surface area contributed by atoms with Gasteiger partial charge >= 0.3 is 0 Å². The highest BCUT2D eigenvalue weighted by molar-refractivity contribution is 5.86. The molecular weight excluding hydrogens is 214 g/mol. The lowest BCUT2D eigenvalue weighted by Crippen LogP contribution is -2.28. The molecule has 1 atom stereocenters. The molecule has 0 radical (unpaired) electrons. The van der Waals surface area contributed by atoms with Gasteiger partial charge in [-0.3, -0.25) is 0 Å². The summed E-state index contributed by atoms with van der Waals surface area (Å²) in [6, 6.07) is 6.65. The summed E-state index contributed by atoms with van der Waals surface area (Å²) < 4.78 is 5.71. The van der Waals surface area contributed by atoms with Crippen LogP contribution < -0.4 is 10.6 Å². The second-order valence-electron chi connectivity index (χ2n) is 4.44. The number of aromatic nitrogens is 1. The lowest BCUT2D eigenvalue weighted by atomic mass is 10.2. The third kappa shape index (κ3) is 2.20. The van der Waals surface area contributed by atoms with Crippen LogP contribution in [0.25, 0.3) is 11.1 Å². The monoisotopic (exact) mass is 233 g/mol. The number of nitrogens with two attached hydrogens (primary N) is 1. The number of benzene rings is 1. The van der Waals surface area contributed by atoms with Crippen LogP contribution in [-0.4, -0.2) is 18.1 Å². The van der Waals surface area contributed by atoms with Gasteiger partial charge in [0.15, 0.2) is 5.58 Å². The normalized spacial score (nSPS) is 12.9. The summed E-state index contributed by atoms with van der Waals surface area (Å²) in [5.41, 5.74) is 8.02. The molecule has 0 bridgehead atoms. The van der Waals surface area contributed by atoms with Gasteiger partial charge in [0.05, 0.1) is 5.69 Å². The summed E-state index contributed by atoms with van der Waals surface area (Å²) in [4.78, 5) is 6.51. The summed E-state index contributed by atoms with van der Waals surface area (Å²) in [5.74, 6) is 0. The van der Waals surface area contributed by atoms with Crippen LogP contribution in [0.3, 0.4) is 0 Å². The maximum absolute atomic E-state index is 5.86. The number of oxazole rings is 1. The van der Waals surface area contributed by atoms with Crippen molar-refractivity contribution in [3.8, 4) is 0 Å². The molecule has 0 saturated heterocycles. The number of hydrogen-bond acceptors (Lipinski definition) is 4. The molecule has 0 aliphatic heterocycles. The van der Waals surface area contributed by atoms with E-state index in [0.29, 0.717) is 17.7 Å². The molecule has 1 aromatic carbocycles. The van der Waals surface area contributed by atoms with Crippen molar-refractivity contribution in [3.63, 3.8) is 0 Å². The van der Waals surface area contributed by atoms with Crippen LogP contribution in [0, 0.1) is 0 Å². The van der Waals surface area contributed by atoms with Crippen LogP contribution in [0.5, 0.6) is 0 Å². The number of hydrogen-bond donors (Lipinski definition) is 1. The maximum Gasteiger partial charge on any atom is 0.298 e. The molecule has 17 heavy (non-hydrogen) atoms. The predicted molar refractivity (Wildman–Crippen MR) is 71.2 cm³/mol. The van der Waals surface area contributed by atoms with Crippen molar-refractivity contribution < 1.29 is 4.42 Å². The van der Waals surface area contributed by atoms with Gasteiger partial charge in [-0.1, -0.05) is 19.4 Å². The molecule has 2 aromatic rings. The number of rotatable bonds is 4. The van der Waals surface area contributed by atoms with Gasteiger partial charge in [0.1, 0.15) is 5.52 Å². The Morgan fingerprint density at radius 3 is 2.88 bits per heavy atom. The van der Waals surface area contributed by atoms with Gasteiger partial charge in [0.25, 0.3) is 6.01 Å². The third-order valence-corrected chi connectivity index (χ3v) is 3.11. The van der Waals surface area contributed by atoms with Gasteiger partial charge in [-0.25, -0.2) is 0 Å². The van der Waals surface area contributed by atoms with Crippen molar-refractivity contribution in [1.82, 2.24) is 4.98 Å². The van der Waals surface area contributed by atoms with Crippen molar-refractivity contribution in [2.75, 3.05) is 17.7 Å². The van der Waals surface area contributed by atoms with Crippen molar-refractivity contribution in [2.24, 2.45) is 0 Å². The molecule has 0 spiro atoms. The van der Waals surface area contributed by atoms with Gasteiger partial charge in [-0.05, 0) is 25.5 Å². The van der Waals surface area contributed by atoms with Gasteiger partial charge < -0.3 is 15.1 Å². The van der Waals surface area contributed by atoms with Crippen molar-refractivity contribution in [2.45, 2.75) is 32.7 Å². The summed E-state index contributed by atoms with van der Waals surface area (Å²) in [6.07, 6.45) is 2.26. The summed E-state index contributed by atoms with van der Waals surface area (Å²) in [6.45, 7) is 4.34. The second-order valence-corrected chi connectivity index (χ2v) is 4.44. The predicted octanol–water partition coefficient (Wildman–Crippen LogP) is 3.03. The number of nitrogens with zero attached hydrogens (tertiary/aromatic N) is 2. The van der Waals surface area contributed by atoms with Crippen molar-refractivity contribution in [1.29, 1.82) is 0 Å². The standard InChI is InChI=1S/C13H19N3O/c1-4-6-9(2)16(3)13-15-12-10(14)7-5-8-11(12)17-13/h5,7-9H,4,6,14H2,1-3H3. The molecule has 0 saturated carbocycles. The largest absolute Gasteiger partial charge is 0.423 e. The lowest BCUT2D eigenvalue weighted by Gasteiger charge is -2.22. The van der Waals surface area contributed by atoms with E-state index < -0.39 is 0 Å². The van der Waals surface area contributed by atoms with E-state index in [2.05, 4.69) is 23.7 Å². The van der Waals surface area contributed by atoms with Gasteiger partial charge in [-0.15, -0.1) is 0 Å². The summed E-state index contributed by atoms with van der Waals surface area (Å²) >= 11 is 0. The van der Waals surface area contributed by atoms with Gasteiger partial charge in [0, 0.05) is 13.1 Å². The molecule has 4 nitrogen and oxygen atoms in total. The molecule has 2 rings (SSSR count). The molecule has 0 aliphatic carbocycles. The molecule has 0 fully saturated rings. The number of fused-ring (bicyclic) bond motifs is 1. The van der Waals surface area contributed by atoms with Crippen molar-refractivity contribution in [3.05, 3.63) is 18.2 Å². The Balaban J connectivity index is 2.33. The highest BCUT2D eigenvalue weighted by Crippen LogP contribution is 2.26. The van der Waals surface area contributed by atoms with E-state index in [1.165, 1.54) is 0 Å². The molecule has 2 N–H and O–H groups in total. The first-order chi connectivity index (χ1) is 8.13. The summed E-state index contributed by atoms with van der Waals surface area (Å²) in [7, 11) is 2.00. The zero-order valence-corrected chi connectivity index (χ0v) is 10.6. The molecule has 92 valence electrons. The third-order valence-electron chi connectivity index (χ3n) is 3.11. The fourth-order valence-corrected chi connectivity index (χ4v) is 1.91. The first-order valence-electron chi connectivity index (χ1n) is 6.01.